The Hall–Kier alpha value is -1.09. The Morgan fingerprint density at radius 3 is 1.63 bits per heavy atom. The maximum atomic E-state index is 10.6. The minimum absolute atomic E-state index is 0.333. The maximum absolute atomic E-state index is 10.6. The van der Waals surface area contributed by atoms with Gasteiger partial charge in [-0.1, -0.05) is 128 Å². The van der Waals surface area contributed by atoms with Crippen molar-refractivity contribution in [3.8, 4) is 0 Å². The molecule has 0 radical (unpaired) electrons. The number of carboxylic acids is 1. The molecule has 0 aliphatic carbocycles. The number of unbranched alkanes of at least 4 members (excludes halogenated alkanes) is 15. The molecule has 0 aromatic heterocycles. The third-order valence-corrected chi connectivity index (χ3v) is 8.09. The van der Waals surface area contributed by atoms with Crippen LogP contribution >= 0.6 is 0 Å². The number of rotatable bonds is 29. The Labute approximate surface area is 238 Å². The summed E-state index contributed by atoms with van der Waals surface area (Å²) >= 11 is 0. The highest BCUT2D eigenvalue weighted by atomic mass is 16.4. The first-order valence-electron chi connectivity index (χ1n) is 16.7. The second-order valence-corrected chi connectivity index (χ2v) is 12.0. The molecule has 3 nitrogen and oxygen atoms in total. The molecular weight excluding hydrogens is 466 g/mol. The van der Waals surface area contributed by atoms with Gasteiger partial charge in [-0.15, -0.1) is 0 Å². The van der Waals surface area contributed by atoms with Crippen LogP contribution in [0, 0.1) is 5.92 Å². The van der Waals surface area contributed by atoms with Crippen LogP contribution in [0.2, 0.25) is 0 Å². The minimum atomic E-state index is -0.654. The Balaban J connectivity index is 3.83. The van der Waals surface area contributed by atoms with Gasteiger partial charge >= 0.3 is 5.97 Å². The third kappa shape index (κ3) is 27.9. The van der Waals surface area contributed by atoms with Gasteiger partial charge in [0.1, 0.15) is 0 Å². The van der Waals surface area contributed by atoms with E-state index in [-0.39, 0.29) is 0 Å². The number of hydrogen-bond donors (Lipinski definition) is 1. The highest BCUT2D eigenvalue weighted by molar-refractivity contribution is 5.66. The monoisotopic (exact) mass is 534 g/mol. The Morgan fingerprint density at radius 2 is 1.13 bits per heavy atom. The first-order chi connectivity index (χ1) is 18.5. The molecule has 0 aromatic carbocycles. The number of allylic oxidation sites excluding steroid dienone is 4. The fourth-order valence-electron chi connectivity index (χ4n) is 5.09. The van der Waals surface area contributed by atoms with Crippen LogP contribution in [0.3, 0.4) is 0 Å². The molecule has 1 atom stereocenters. The summed E-state index contributed by atoms with van der Waals surface area (Å²) < 4.78 is 0. The normalized spacial score (nSPS) is 13.0. The van der Waals surface area contributed by atoms with Crippen molar-refractivity contribution in [3.05, 3.63) is 24.3 Å². The van der Waals surface area contributed by atoms with E-state index < -0.39 is 5.97 Å². The van der Waals surface area contributed by atoms with Gasteiger partial charge in [0.15, 0.2) is 0 Å². The second kappa shape index (κ2) is 28.9. The lowest BCUT2D eigenvalue weighted by Gasteiger charge is -2.24. The van der Waals surface area contributed by atoms with Gasteiger partial charge < -0.3 is 10.0 Å². The predicted octanol–water partition coefficient (Wildman–Crippen LogP) is 11.1. The number of carbonyl (C=O) groups is 1. The minimum Gasteiger partial charge on any atom is -0.481 e. The molecule has 0 aromatic rings. The van der Waals surface area contributed by atoms with Crippen LogP contribution in [0.25, 0.3) is 0 Å². The standard InChI is InChI=1S/C35H67NO2/c1-5-6-7-8-9-10-11-12-13-14-15-16-17-18-19-22-25-28-34(31-32-36(4)33(2)3)29-26-23-20-21-24-27-30-35(37)38/h9-10,12-13,33-34H,5-8,11,14-32H2,1-4H3,(H,37,38)/b10-9-,13-12-. The van der Waals surface area contributed by atoms with E-state index in [2.05, 4.69) is 57.0 Å². The summed E-state index contributed by atoms with van der Waals surface area (Å²) in [5.41, 5.74) is 0. The molecule has 0 fully saturated rings. The van der Waals surface area contributed by atoms with Crippen molar-refractivity contribution < 1.29 is 9.90 Å². The molecule has 1 N–H and O–H groups in total. The Morgan fingerprint density at radius 1 is 0.658 bits per heavy atom. The van der Waals surface area contributed by atoms with E-state index in [1.807, 2.05) is 0 Å². The van der Waals surface area contributed by atoms with Crippen LogP contribution < -0.4 is 0 Å². The van der Waals surface area contributed by atoms with E-state index in [4.69, 9.17) is 5.11 Å². The van der Waals surface area contributed by atoms with Gasteiger partial charge in [-0.25, -0.2) is 0 Å². The molecule has 0 rings (SSSR count). The third-order valence-electron chi connectivity index (χ3n) is 8.09. The SMILES string of the molecule is CCCCC/C=C\C/C=C\CCCCCCCCCC(CCCCCCCCC(=O)O)CCN(C)C(C)C. The molecule has 1 unspecified atom stereocenters. The summed E-state index contributed by atoms with van der Waals surface area (Å²) in [6, 6.07) is 0.633. The van der Waals surface area contributed by atoms with Crippen LogP contribution in [0.5, 0.6) is 0 Å². The van der Waals surface area contributed by atoms with Gasteiger partial charge in [0.05, 0.1) is 0 Å². The highest BCUT2D eigenvalue weighted by Crippen LogP contribution is 2.23. The molecule has 0 saturated heterocycles. The van der Waals surface area contributed by atoms with Crippen molar-refractivity contribution in [2.75, 3.05) is 13.6 Å². The maximum Gasteiger partial charge on any atom is 0.303 e. The summed E-state index contributed by atoms with van der Waals surface area (Å²) in [4.78, 5) is 13.1. The fourth-order valence-corrected chi connectivity index (χ4v) is 5.09. The lowest BCUT2D eigenvalue weighted by atomic mass is 9.91. The predicted molar refractivity (Wildman–Crippen MR) is 169 cm³/mol. The summed E-state index contributed by atoms with van der Waals surface area (Å²) in [6.07, 6.45) is 38.3. The van der Waals surface area contributed by atoms with Crippen molar-refractivity contribution in [3.63, 3.8) is 0 Å². The molecular formula is C35H67NO2. The van der Waals surface area contributed by atoms with Gasteiger partial charge in [0.25, 0.3) is 0 Å². The zero-order chi connectivity index (χ0) is 28.1. The summed E-state index contributed by atoms with van der Waals surface area (Å²) in [5, 5.41) is 8.75. The van der Waals surface area contributed by atoms with Crippen LogP contribution in [0.4, 0.5) is 0 Å². The molecule has 224 valence electrons. The van der Waals surface area contributed by atoms with E-state index in [0.29, 0.717) is 12.5 Å². The van der Waals surface area contributed by atoms with Crippen molar-refractivity contribution >= 4 is 5.97 Å². The van der Waals surface area contributed by atoms with Crippen LogP contribution in [-0.4, -0.2) is 35.6 Å². The van der Waals surface area contributed by atoms with Crippen molar-refractivity contribution in [2.24, 2.45) is 5.92 Å². The first kappa shape index (κ1) is 36.9. The molecule has 0 aliphatic heterocycles. The van der Waals surface area contributed by atoms with E-state index >= 15 is 0 Å². The highest BCUT2D eigenvalue weighted by Gasteiger charge is 2.11. The summed E-state index contributed by atoms with van der Waals surface area (Å²) in [6.45, 7) is 8.08. The van der Waals surface area contributed by atoms with E-state index in [9.17, 15) is 4.79 Å². The smallest absolute Gasteiger partial charge is 0.303 e. The molecule has 0 heterocycles. The Kier molecular flexibility index (Phi) is 28.1. The average Bonchev–Trinajstić information content (AvgIpc) is 2.89. The van der Waals surface area contributed by atoms with Crippen molar-refractivity contribution in [1.29, 1.82) is 0 Å². The number of nitrogens with zero attached hydrogens (tertiary/aromatic N) is 1. The van der Waals surface area contributed by atoms with Crippen LogP contribution in [0.15, 0.2) is 24.3 Å². The number of carboxylic acid groups (broad SMARTS) is 1. The van der Waals surface area contributed by atoms with Crippen molar-refractivity contribution in [2.45, 2.75) is 174 Å². The number of aliphatic carboxylic acids is 1. The van der Waals surface area contributed by atoms with E-state index in [1.165, 1.54) is 129 Å². The average molecular weight is 534 g/mol. The van der Waals surface area contributed by atoms with E-state index in [0.717, 1.165) is 25.2 Å². The molecule has 0 aliphatic rings. The Bertz CT molecular complexity index is 554. The van der Waals surface area contributed by atoms with Gasteiger partial charge in [0.2, 0.25) is 0 Å². The van der Waals surface area contributed by atoms with Crippen LogP contribution in [-0.2, 0) is 4.79 Å². The topological polar surface area (TPSA) is 40.5 Å². The molecule has 0 bridgehead atoms. The fraction of sp³-hybridized carbons (Fsp3) is 0.857. The van der Waals surface area contributed by atoms with Gasteiger partial charge in [-0.3, -0.25) is 4.79 Å². The number of hydrogen-bond acceptors (Lipinski definition) is 2. The van der Waals surface area contributed by atoms with E-state index in [1.54, 1.807) is 0 Å². The van der Waals surface area contributed by atoms with Gasteiger partial charge in [-0.05, 0) is 78.3 Å². The summed E-state index contributed by atoms with van der Waals surface area (Å²) in [5.74, 6) is 0.222. The lowest BCUT2D eigenvalue weighted by Crippen LogP contribution is -2.28. The molecule has 38 heavy (non-hydrogen) atoms. The molecule has 3 heteroatoms. The van der Waals surface area contributed by atoms with Gasteiger partial charge in [-0.2, -0.15) is 0 Å². The van der Waals surface area contributed by atoms with Gasteiger partial charge in [0, 0.05) is 12.5 Å². The second-order valence-electron chi connectivity index (χ2n) is 12.0. The largest absolute Gasteiger partial charge is 0.481 e. The quantitative estimate of drug-likeness (QED) is 0.0767. The van der Waals surface area contributed by atoms with Crippen LogP contribution in [0.1, 0.15) is 168 Å². The summed E-state index contributed by atoms with van der Waals surface area (Å²) in [7, 11) is 2.27. The zero-order valence-corrected chi connectivity index (χ0v) is 26.2. The van der Waals surface area contributed by atoms with Crippen molar-refractivity contribution in [1.82, 2.24) is 4.90 Å². The zero-order valence-electron chi connectivity index (χ0n) is 26.2. The first-order valence-corrected chi connectivity index (χ1v) is 16.7. The lowest BCUT2D eigenvalue weighted by molar-refractivity contribution is -0.137. The molecule has 0 spiro atoms. The molecule has 0 saturated carbocycles. The molecule has 0 amide bonds.